The van der Waals surface area contributed by atoms with Gasteiger partial charge in [-0.1, -0.05) is 40.9 Å². The van der Waals surface area contributed by atoms with Gasteiger partial charge in [-0.2, -0.15) is 0 Å². The minimum atomic E-state index is 0.365. The molecule has 4 nitrogen and oxygen atoms in total. The standard InChI is InChI=1S/C16H17Cl3N4/c1-10-6-15(19)22-16(21-10)23-5-4-13(9-23)20-8-11-2-3-12(17)7-14(11)18/h2-3,6-7,13,20H,4-5,8-9H2,1H3. The number of hydrogen-bond acceptors (Lipinski definition) is 4. The van der Waals surface area contributed by atoms with Crippen LogP contribution in [0.3, 0.4) is 0 Å². The molecule has 0 radical (unpaired) electrons. The van der Waals surface area contributed by atoms with Gasteiger partial charge in [0, 0.05) is 41.4 Å². The first-order chi connectivity index (χ1) is 11.0. The van der Waals surface area contributed by atoms with Gasteiger partial charge in [-0.15, -0.1) is 0 Å². The molecule has 0 amide bonds. The van der Waals surface area contributed by atoms with E-state index in [1.807, 2.05) is 19.1 Å². The molecule has 0 bridgehead atoms. The third-order valence-corrected chi connectivity index (χ3v) is 4.66. The van der Waals surface area contributed by atoms with Gasteiger partial charge in [-0.25, -0.2) is 9.97 Å². The van der Waals surface area contributed by atoms with Crippen LogP contribution in [-0.4, -0.2) is 29.1 Å². The normalized spacial score (nSPS) is 17.7. The van der Waals surface area contributed by atoms with Crippen molar-refractivity contribution in [2.45, 2.75) is 25.9 Å². The molecule has 1 fully saturated rings. The van der Waals surface area contributed by atoms with Crippen LogP contribution in [0.5, 0.6) is 0 Å². The lowest BCUT2D eigenvalue weighted by Gasteiger charge is -2.17. The van der Waals surface area contributed by atoms with Crippen LogP contribution in [0, 0.1) is 6.92 Å². The third-order valence-electron chi connectivity index (χ3n) is 3.88. The smallest absolute Gasteiger partial charge is 0.227 e. The van der Waals surface area contributed by atoms with Crippen molar-refractivity contribution in [2.24, 2.45) is 0 Å². The van der Waals surface area contributed by atoms with Crippen LogP contribution in [0.2, 0.25) is 15.2 Å². The molecule has 0 saturated carbocycles. The van der Waals surface area contributed by atoms with E-state index in [4.69, 9.17) is 34.8 Å². The second-order valence-electron chi connectivity index (χ2n) is 5.68. The van der Waals surface area contributed by atoms with Crippen molar-refractivity contribution in [3.8, 4) is 0 Å². The fraction of sp³-hybridized carbons (Fsp3) is 0.375. The predicted molar refractivity (Wildman–Crippen MR) is 95.7 cm³/mol. The highest BCUT2D eigenvalue weighted by atomic mass is 35.5. The molecule has 1 aromatic carbocycles. The van der Waals surface area contributed by atoms with Crippen molar-refractivity contribution in [3.05, 3.63) is 50.7 Å². The molecule has 2 heterocycles. The maximum absolute atomic E-state index is 6.20. The van der Waals surface area contributed by atoms with Crippen LogP contribution < -0.4 is 10.2 Å². The number of nitrogens with zero attached hydrogens (tertiary/aromatic N) is 3. The Kier molecular flexibility index (Phi) is 5.27. The summed E-state index contributed by atoms with van der Waals surface area (Å²) in [5.74, 6) is 0.698. The number of benzene rings is 1. The highest BCUT2D eigenvalue weighted by Gasteiger charge is 2.24. The van der Waals surface area contributed by atoms with Crippen LogP contribution in [0.4, 0.5) is 5.95 Å². The van der Waals surface area contributed by atoms with E-state index in [2.05, 4.69) is 20.2 Å². The maximum Gasteiger partial charge on any atom is 0.227 e. The number of aromatic nitrogens is 2. The van der Waals surface area contributed by atoms with Crippen molar-refractivity contribution >= 4 is 40.8 Å². The van der Waals surface area contributed by atoms with Gasteiger partial charge in [0.15, 0.2) is 0 Å². The van der Waals surface area contributed by atoms with E-state index < -0.39 is 0 Å². The summed E-state index contributed by atoms with van der Waals surface area (Å²) >= 11 is 18.1. The highest BCUT2D eigenvalue weighted by Crippen LogP contribution is 2.22. The average Bonchev–Trinajstić information content (AvgIpc) is 2.94. The first-order valence-electron chi connectivity index (χ1n) is 7.45. The Balaban J connectivity index is 1.59. The van der Waals surface area contributed by atoms with Gasteiger partial charge in [0.25, 0.3) is 0 Å². The molecule has 0 spiro atoms. The lowest BCUT2D eigenvalue weighted by molar-refractivity contribution is 0.551. The molecule has 0 aliphatic carbocycles. The fourth-order valence-electron chi connectivity index (χ4n) is 2.68. The third kappa shape index (κ3) is 4.27. The molecule has 1 N–H and O–H groups in total. The van der Waals surface area contributed by atoms with Crippen LogP contribution in [0.1, 0.15) is 17.7 Å². The minimum absolute atomic E-state index is 0.365. The van der Waals surface area contributed by atoms with Gasteiger partial charge in [-0.05, 0) is 37.1 Å². The first-order valence-corrected chi connectivity index (χ1v) is 8.58. The summed E-state index contributed by atoms with van der Waals surface area (Å²) < 4.78 is 0. The number of hydrogen-bond donors (Lipinski definition) is 1. The molecular weight excluding hydrogens is 355 g/mol. The molecule has 1 saturated heterocycles. The highest BCUT2D eigenvalue weighted by molar-refractivity contribution is 6.35. The molecule has 1 aromatic heterocycles. The summed E-state index contributed by atoms with van der Waals surface area (Å²) in [7, 11) is 0. The van der Waals surface area contributed by atoms with Gasteiger partial charge < -0.3 is 10.2 Å². The lowest BCUT2D eigenvalue weighted by atomic mass is 10.2. The van der Waals surface area contributed by atoms with Crippen molar-refractivity contribution < 1.29 is 0 Å². The molecule has 1 atom stereocenters. The molecule has 1 unspecified atom stereocenters. The Morgan fingerprint density at radius 3 is 2.78 bits per heavy atom. The summed E-state index contributed by atoms with van der Waals surface area (Å²) in [5.41, 5.74) is 1.92. The van der Waals surface area contributed by atoms with E-state index in [1.54, 1.807) is 12.1 Å². The van der Waals surface area contributed by atoms with Crippen LogP contribution in [-0.2, 0) is 6.54 Å². The van der Waals surface area contributed by atoms with Crippen LogP contribution >= 0.6 is 34.8 Å². The van der Waals surface area contributed by atoms with E-state index in [9.17, 15) is 0 Å². The maximum atomic E-state index is 6.20. The lowest BCUT2D eigenvalue weighted by Crippen LogP contribution is -2.32. The topological polar surface area (TPSA) is 41.1 Å². The van der Waals surface area contributed by atoms with Crippen LogP contribution in [0.25, 0.3) is 0 Å². The number of rotatable bonds is 4. The quantitative estimate of drug-likeness (QED) is 0.821. The summed E-state index contributed by atoms with van der Waals surface area (Å²) in [6.07, 6.45) is 1.03. The Bertz CT molecular complexity index is 687. The Morgan fingerprint density at radius 1 is 1.22 bits per heavy atom. The molecule has 2 aromatic rings. The minimum Gasteiger partial charge on any atom is -0.339 e. The monoisotopic (exact) mass is 370 g/mol. The molecule has 7 heteroatoms. The van der Waals surface area contributed by atoms with Gasteiger partial charge >= 0.3 is 0 Å². The van der Waals surface area contributed by atoms with Crippen molar-refractivity contribution in [1.82, 2.24) is 15.3 Å². The molecule has 1 aliphatic rings. The van der Waals surface area contributed by atoms with Gasteiger partial charge in [-0.3, -0.25) is 0 Å². The van der Waals surface area contributed by atoms with Crippen molar-refractivity contribution in [1.29, 1.82) is 0 Å². The summed E-state index contributed by atoms with van der Waals surface area (Å²) in [4.78, 5) is 10.9. The van der Waals surface area contributed by atoms with Crippen molar-refractivity contribution in [2.75, 3.05) is 18.0 Å². The SMILES string of the molecule is Cc1cc(Cl)nc(N2CCC(NCc3ccc(Cl)cc3Cl)C2)n1. The molecular formula is C16H17Cl3N4. The molecule has 3 rings (SSSR count). The number of nitrogens with one attached hydrogen (secondary N) is 1. The Morgan fingerprint density at radius 2 is 2.04 bits per heavy atom. The molecule has 122 valence electrons. The van der Waals surface area contributed by atoms with E-state index >= 15 is 0 Å². The van der Waals surface area contributed by atoms with Crippen molar-refractivity contribution in [3.63, 3.8) is 0 Å². The van der Waals surface area contributed by atoms with E-state index in [0.29, 0.717) is 33.7 Å². The second kappa shape index (κ2) is 7.22. The molecule has 1 aliphatic heterocycles. The number of aryl methyl sites for hydroxylation is 1. The largest absolute Gasteiger partial charge is 0.339 e. The predicted octanol–water partition coefficient (Wildman–Crippen LogP) is 4.11. The van der Waals surface area contributed by atoms with Gasteiger partial charge in [0.1, 0.15) is 5.15 Å². The van der Waals surface area contributed by atoms with Gasteiger partial charge in [0.2, 0.25) is 5.95 Å². The van der Waals surface area contributed by atoms with Gasteiger partial charge in [0.05, 0.1) is 0 Å². The molecule has 23 heavy (non-hydrogen) atoms. The van der Waals surface area contributed by atoms with Crippen LogP contribution in [0.15, 0.2) is 24.3 Å². The zero-order valence-corrected chi connectivity index (χ0v) is 15.0. The van der Waals surface area contributed by atoms with E-state index in [0.717, 1.165) is 30.8 Å². The Hall–Kier alpha value is -1.07. The van der Waals surface area contributed by atoms with E-state index in [-0.39, 0.29) is 0 Å². The van der Waals surface area contributed by atoms with E-state index in [1.165, 1.54) is 0 Å². The number of anilines is 1. The summed E-state index contributed by atoms with van der Waals surface area (Å²) in [5, 5.41) is 5.35. The first kappa shape index (κ1) is 16.8. The fourth-order valence-corrected chi connectivity index (χ4v) is 3.39. The zero-order valence-electron chi connectivity index (χ0n) is 12.7. The average molecular weight is 372 g/mol. The zero-order chi connectivity index (χ0) is 16.4. The number of halogens is 3. The second-order valence-corrected chi connectivity index (χ2v) is 6.91. The summed E-state index contributed by atoms with van der Waals surface area (Å²) in [6.45, 7) is 4.39. The summed E-state index contributed by atoms with van der Waals surface area (Å²) in [6, 6.07) is 7.70. The Labute approximate surface area is 150 Å².